The van der Waals surface area contributed by atoms with E-state index in [-0.39, 0.29) is 6.10 Å². The Morgan fingerprint density at radius 2 is 1.82 bits per heavy atom. The summed E-state index contributed by atoms with van der Waals surface area (Å²) >= 11 is 0. The number of nitrogens with one attached hydrogen (secondary N) is 1. The van der Waals surface area contributed by atoms with Gasteiger partial charge in [0.25, 0.3) is 0 Å². The van der Waals surface area contributed by atoms with Gasteiger partial charge in [-0.1, -0.05) is 24.3 Å². The van der Waals surface area contributed by atoms with Crippen molar-refractivity contribution in [2.24, 2.45) is 0 Å². The zero-order valence-electron chi connectivity index (χ0n) is 12.7. The molecule has 0 amide bonds. The molecule has 22 heavy (non-hydrogen) atoms. The molecule has 1 saturated heterocycles. The van der Waals surface area contributed by atoms with E-state index in [0.29, 0.717) is 0 Å². The minimum absolute atomic E-state index is 0.178. The van der Waals surface area contributed by atoms with Crippen molar-refractivity contribution in [1.82, 2.24) is 15.3 Å². The Morgan fingerprint density at radius 3 is 2.45 bits per heavy atom. The molecule has 0 unspecified atom stereocenters. The van der Waals surface area contributed by atoms with Gasteiger partial charge < -0.3 is 10.1 Å². The lowest BCUT2D eigenvalue weighted by Crippen LogP contribution is -2.33. The van der Waals surface area contributed by atoms with Crippen LogP contribution in [0.3, 0.4) is 0 Å². The van der Waals surface area contributed by atoms with Gasteiger partial charge in [0.15, 0.2) is 0 Å². The molecule has 1 N–H and O–H groups in total. The second-order valence-corrected chi connectivity index (χ2v) is 6.19. The van der Waals surface area contributed by atoms with Gasteiger partial charge in [-0.05, 0) is 35.4 Å². The summed E-state index contributed by atoms with van der Waals surface area (Å²) in [7, 11) is 0. The van der Waals surface area contributed by atoms with Gasteiger partial charge in [0.2, 0.25) is 0 Å². The highest BCUT2D eigenvalue weighted by molar-refractivity contribution is 5.27. The van der Waals surface area contributed by atoms with Crippen molar-refractivity contribution in [1.29, 1.82) is 0 Å². The van der Waals surface area contributed by atoms with Crippen molar-refractivity contribution in [3.05, 3.63) is 59.2 Å². The molecule has 4 heteroatoms. The Hall–Kier alpha value is -1.78. The first-order chi connectivity index (χ1) is 10.9. The minimum atomic E-state index is 0.178. The summed E-state index contributed by atoms with van der Waals surface area (Å²) < 4.78 is 5.78. The molecule has 0 bridgehead atoms. The van der Waals surface area contributed by atoms with Crippen LogP contribution in [0.4, 0.5) is 0 Å². The molecule has 1 aromatic carbocycles. The lowest BCUT2D eigenvalue weighted by Gasteiger charge is -2.24. The molecular formula is C18H21N3O. The Labute approximate surface area is 130 Å². The lowest BCUT2D eigenvalue weighted by atomic mass is 10.0. The maximum Gasteiger partial charge on any atom is 0.132 e. The van der Waals surface area contributed by atoms with Crippen LogP contribution in [0.5, 0.6) is 0 Å². The first-order valence-electron chi connectivity index (χ1n) is 8.10. The van der Waals surface area contributed by atoms with Crippen LogP contribution in [0.25, 0.3) is 0 Å². The Morgan fingerprint density at radius 1 is 1.05 bits per heavy atom. The molecule has 4 rings (SSSR count). The van der Waals surface area contributed by atoms with Gasteiger partial charge in [-0.2, -0.15) is 0 Å². The molecule has 4 nitrogen and oxygen atoms in total. The highest BCUT2D eigenvalue weighted by Crippen LogP contribution is 2.39. The van der Waals surface area contributed by atoms with Crippen LogP contribution in [-0.2, 0) is 11.2 Å². The standard InChI is InChI=1S/C18H21N3O/c1-3-15(17-12-19-7-8-22-17)4-2-13(1)9-18-20-10-16(11-21-18)14-5-6-14/h1-4,10-11,14,17,19H,5-9,12H2/t17-/m0/s1. The summed E-state index contributed by atoms with van der Waals surface area (Å²) in [5, 5.41) is 3.36. The average Bonchev–Trinajstić information content (AvgIpc) is 3.42. The first kappa shape index (κ1) is 13.9. The van der Waals surface area contributed by atoms with Crippen molar-refractivity contribution < 1.29 is 4.74 Å². The molecule has 1 aromatic heterocycles. The maximum atomic E-state index is 5.78. The van der Waals surface area contributed by atoms with E-state index in [2.05, 4.69) is 39.6 Å². The molecule has 2 heterocycles. The zero-order chi connectivity index (χ0) is 14.8. The Kier molecular flexibility index (Phi) is 3.87. The van der Waals surface area contributed by atoms with Crippen molar-refractivity contribution in [2.45, 2.75) is 31.3 Å². The van der Waals surface area contributed by atoms with E-state index in [4.69, 9.17) is 4.74 Å². The molecular weight excluding hydrogens is 274 g/mol. The summed E-state index contributed by atoms with van der Waals surface area (Å²) in [5.74, 6) is 1.62. The fourth-order valence-electron chi connectivity index (χ4n) is 2.90. The molecule has 1 aliphatic heterocycles. The zero-order valence-corrected chi connectivity index (χ0v) is 12.7. The Bertz CT molecular complexity index is 614. The topological polar surface area (TPSA) is 47.0 Å². The van der Waals surface area contributed by atoms with E-state index in [0.717, 1.165) is 37.9 Å². The highest BCUT2D eigenvalue weighted by atomic mass is 16.5. The second kappa shape index (κ2) is 6.15. The van der Waals surface area contributed by atoms with Crippen molar-refractivity contribution in [3.63, 3.8) is 0 Å². The van der Waals surface area contributed by atoms with Gasteiger partial charge in [0.05, 0.1) is 12.7 Å². The molecule has 1 atom stereocenters. The number of benzene rings is 1. The van der Waals surface area contributed by atoms with E-state index in [1.54, 1.807) is 0 Å². The normalized spacial score (nSPS) is 21.7. The van der Waals surface area contributed by atoms with E-state index < -0.39 is 0 Å². The van der Waals surface area contributed by atoms with Crippen LogP contribution in [0.15, 0.2) is 36.7 Å². The number of ether oxygens (including phenoxy) is 1. The van der Waals surface area contributed by atoms with Gasteiger partial charge in [-0.15, -0.1) is 0 Å². The number of morpholine rings is 1. The molecule has 2 fully saturated rings. The maximum absolute atomic E-state index is 5.78. The van der Waals surface area contributed by atoms with E-state index in [9.17, 15) is 0 Å². The van der Waals surface area contributed by atoms with Gasteiger partial charge in [-0.25, -0.2) is 9.97 Å². The SMILES string of the molecule is c1cc([C@@H]2CNCCO2)ccc1Cc1ncc(C2CC2)cn1. The predicted molar refractivity (Wildman–Crippen MR) is 84.8 cm³/mol. The highest BCUT2D eigenvalue weighted by Gasteiger charge is 2.24. The third-order valence-corrected chi connectivity index (χ3v) is 4.42. The summed E-state index contributed by atoms with van der Waals surface area (Å²) in [6, 6.07) is 8.63. The third kappa shape index (κ3) is 3.18. The first-order valence-corrected chi connectivity index (χ1v) is 8.10. The fraction of sp³-hybridized carbons (Fsp3) is 0.444. The number of hydrogen-bond acceptors (Lipinski definition) is 4. The number of rotatable bonds is 4. The summed E-state index contributed by atoms with van der Waals surface area (Å²) in [5.41, 5.74) is 3.77. The van der Waals surface area contributed by atoms with E-state index in [1.807, 2.05) is 12.4 Å². The summed E-state index contributed by atoms with van der Waals surface area (Å²) in [6.45, 7) is 2.63. The van der Waals surface area contributed by atoms with Crippen LogP contribution in [-0.4, -0.2) is 29.7 Å². The quantitative estimate of drug-likeness (QED) is 0.942. The molecule has 0 radical (unpaired) electrons. The van der Waals surface area contributed by atoms with Crippen LogP contribution in [0.1, 0.15) is 47.4 Å². The number of nitrogens with zero attached hydrogens (tertiary/aromatic N) is 2. The van der Waals surface area contributed by atoms with E-state index in [1.165, 1.54) is 29.5 Å². The lowest BCUT2D eigenvalue weighted by molar-refractivity contribution is 0.0277. The van der Waals surface area contributed by atoms with Crippen LogP contribution in [0.2, 0.25) is 0 Å². The van der Waals surface area contributed by atoms with Crippen LogP contribution in [0, 0.1) is 0 Å². The number of hydrogen-bond donors (Lipinski definition) is 1. The largest absolute Gasteiger partial charge is 0.371 e. The van der Waals surface area contributed by atoms with Gasteiger partial charge in [0, 0.05) is 31.9 Å². The average molecular weight is 295 g/mol. The molecule has 0 spiro atoms. The molecule has 1 saturated carbocycles. The van der Waals surface area contributed by atoms with Gasteiger partial charge in [0.1, 0.15) is 5.82 Å². The fourth-order valence-corrected chi connectivity index (χ4v) is 2.90. The third-order valence-electron chi connectivity index (χ3n) is 4.42. The Balaban J connectivity index is 1.41. The van der Waals surface area contributed by atoms with Gasteiger partial charge >= 0.3 is 0 Å². The molecule has 2 aliphatic rings. The predicted octanol–water partition coefficient (Wildman–Crippen LogP) is 2.61. The molecule has 1 aliphatic carbocycles. The second-order valence-electron chi connectivity index (χ2n) is 6.19. The van der Waals surface area contributed by atoms with Crippen LogP contribution >= 0.6 is 0 Å². The molecule has 114 valence electrons. The van der Waals surface area contributed by atoms with Crippen molar-refractivity contribution >= 4 is 0 Å². The molecule has 2 aromatic rings. The summed E-state index contributed by atoms with van der Waals surface area (Å²) in [4.78, 5) is 9.00. The van der Waals surface area contributed by atoms with Crippen molar-refractivity contribution in [3.8, 4) is 0 Å². The van der Waals surface area contributed by atoms with Crippen molar-refractivity contribution in [2.75, 3.05) is 19.7 Å². The van der Waals surface area contributed by atoms with Gasteiger partial charge in [-0.3, -0.25) is 0 Å². The smallest absolute Gasteiger partial charge is 0.132 e. The van der Waals surface area contributed by atoms with Crippen LogP contribution < -0.4 is 5.32 Å². The minimum Gasteiger partial charge on any atom is -0.371 e. The monoisotopic (exact) mass is 295 g/mol. The number of aromatic nitrogens is 2. The summed E-state index contributed by atoms with van der Waals surface area (Å²) in [6.07, 6.45) is 7.54. The van der Waals surface area contributed by atoms with E-state index >= 15 is 0 Å².